The lowest BCUT2D eigenvalue weighted by molar-refractivity contribution is -0.384. The zero-order valence-corrected chi connectivity index (χ0v) is 37.5. The van der Waals surface area contributed by atoms with Gasteiger partial charge < -0.3 is 19.9 Å². The molecular weight excluding hydrogens is 856 g/mol. The van der Waals surface area contributed by atoms with Crippen LogP contribution in [-0.4, -0.2) is 104 Å². The maximum Gasteiger partial charge on any atom is 0.293 e. The highest BCUT2D eigenvalue weighted by Crippen LogP contribution is 2.33. The summed E-state index contributed by atoms with van der Waals surface area (Å²) < 4.78 is 35.9. The molecule has 0 bridgehead atoms. The first-order chi connectivity index (χ1) is 30.6. The molecule has 6 aromatic rings. The standard InChI is InChI=1S/C47H51ClN8O5S2/c1-61-39-20-23-53(24-21-39)22-19-37(32-62-40-8-3-2-4-9-40)51-44-18-16-41(30-46(44)56(57)58)63(59,60)52-47-43-17-15-38(29-45(43)49-33-50-47)55-27-25-54(26-28-55)31-35-7-5-6-10-42(35)34-11-13-36(48)14-12-34/h2-18,29-30,33,37,39,51H,19-28,31-32H2,1H3,(H,49,50,52)/t37-/m1/s1. The number of piperazine rings is 1. The molecule has 2 aliphatic rings. The summed E-state index contributed by atoms with van der Waals surface area (Å²) in [6.07, 6.45) is 4.28. The van der Waals surface area contributed by atoms with Crippen LogP contribution < -0.4 is 14.9 Å². The van der Waals surface area contributed by atoms with Crippen LogP contribution in [0.5, 0.6) is 0 Å². The van der Waals surface area contributed by atoms with Crippen LogP contribution in [0.25, 0.3) is 22.0 Å². The normalized spacial score (nSPS) is 15.9. The van der Waals surface area contributed by atoms with Crippen LogP contribution in [0.2, 0.25) is 5.02 Å². The lowest BCUT2D eigenvalue weighted by atomic mass is 9.99. The van der Waals surface area contributed by atoms with Crippen LogP contribution >= 0.6 is 23.4 Å². The molecule has 0 saturated carbocycles. The number of hydrogen-bond donors (Lipinski definition) is 2. The van der Waals surface area contributed by atoms with Gasteiger partial charge in [0.25, 0.3) is 15.7 Å². The Morgan fingerprint density at radius 2 is 1.62 bits per heavy atom. The second kappa shape index (κ2) is 20.5. The number of methoxy groups -OCH3 is 1. The summed E-state index contributed by atoms with van der Waals surface area (Å²) in [6.45, 7) is 6.86. The fourth-order valence-corrected chi connectivity index (χ4v) is 10.4. The Balaban J connectivity index is 0.929. The lowest BCUT2D eigenvalue weighted by Crippen LogP contribution is -2.46. The van der Waals surface area contributed by atoms with Crippen molar-refractivity contribution < 1.29 is 18.1 Å². The summed E-state index contributed by atoms with van der Waals surface area (Å²) in [5.74, 6) is 0.754. The number of benzene rings is 5. The molecule has 328 valence electrons. The molecule has 0 unspecified atom stereocenters. The number of nitrogens with zero attached hydrogens (tertiary/aromatic N) is 6. The first-order valence-electron chi connectivity index (χ1n) is 21.2. The molecule has 3 heterocycles. The van der Waals surface area contributed by atoms with E-state index in [0.717, 1.165) is 93.8 Å². The number of thioether (sulfide) groups is 1. The van der Waals surface area contributed by atoms with Gasteiger partial charge in [0.2, 0.25) is 0 Å². The third-order valence-corrected chi connectivity index (χ3v) is 14.6. The van der Waals surface area contributed by atoms with E-state index in [1.807, 2.05) is 60.7 Å². The van der Waals surface area contributed by atoms with Gasteiger partial charge in [-0.15, -0.1) is 11.8 Å². The summed E-state index contributed by atoms with van der Waals surface area (Å²) >= 11 is 7.83. The van der Waals surface area contributed by atoms with Crippen LogP contribution in [0, 0.1) is 10.1 Å². The molecule has 0 radical (unpaired) electrons. The average molecular weight is 908 g/mol. The predicted octanol–water partition coefficient (Wildman–Crippen LogP) is 9.06. The molecule has 2 aliphatic heterocycles. The largest absolute Gasteiger partial charge is 0.381 e. The fraction of sp³-hybridized carbons (Fsp3) is 0.319. The number of ether oxygens (including phenoxy) is 1. The van der Waals surface area contributed by atoms with Crippen LogP contribution in [0.1, 0.15) is 24.8 Å². The number of anilines is 3. The van der Waals surface area contributed by atoms with E-state index in [1.165, 1.54) is 29.6 Å². The summed E-state index contributed by atoms with van der Waals surface area (Å²) in [5.41, 5.74) is 5.09. The first kappa shape index (κ1) is 44.3. The summed E-state index contributed by atoms with van der Waals surface area (Å²) in [4.78, 5) is 28.7. The Bertz CT molecular complexity index is 2610. The number of halogens is 1. The minimum absolute atomic E-state index is 0.0908. The van der Waals surface area contributed by atoms with Crippen molar-refractivity contribution in [2.75, 3.05) is 73.6 Å². The maximum absolute atomic E-state index is 13.9. The van der Waals surface area contributed by atoms with E-state index in [1.54, 1.807) is 18.9 Å². The van der Waals surface area contributed by atoms with Crippen molar-refractivity contribution >= 4 is 67.2 Å². The Hall–Kier alpha value is -5.29. The molecule has 0 aliphatic carbocycles. The zero-order chi connectivity index (χ0) is 43.8. The zero-order valence-electron chi connectivity index (χ0n) is 35.1. The quantitative estimate of drug-likeness (QED) is 0.0512. The van der Waals surface area contributed by atoms with Gasteiger partial charge in [0.05, 0.1) is 21.4 Å². The monoisotopic (exact) mass is 906 g/mol. The number of nitro groups is 1. The van der Waals surface area contributed by atoms with Crippen molar-refractivity contribution in [1.29, 1.82) is 0 Å². The van der Waals surface area contributed by atoms with Gasteiger partial charge in [-0.2, -0.15) is 0 Å². The van der Waals surface area contributed by atoms with Gasteiger partial charge in [-0.25, -0.2) is 18.4 Å². The van der Waals surface area contributed by atoms with Gasteiger partial charge in [0.1, 0.15) is 12.0 Å². The Morgan fingerprint density at radius 1 is 0.873 bits per heavy atom. The average Bonchev–Trinajstić information content (AvgIpc) is 3.31. The van der Waals surface area contributed by atoms with E-state index in [4.69, 9.17) is 16.3 Å². The predicted molar refractivity (Wildman–Crippen MR) is 253 cm³/mol. The molecule has 13 nitrogen and oxygen atoms in total. The molecule has 63 heavy (non-hydrogen) atoms. The summed E-state index contributed by atoms with van der Waals surface area (Å²) in [5, 5.41) is 17.1. The van der Waals surface area contributed by atoms with Crippen molar-refractivity contribution in [3.05, 3.63) is 142 Å². The van der Waals surface area contributed by atoms with Crippen molar-refractivity contribution in [1.82, 2.24) is 19.8 Å². The Kier molecular flexibility index (Phi) is 14.4. The first-order valence-corrected chi connectivity index (χ1v) is 24.0. The van der Waals surface area contributed by atoms with E-state index in [0.29, 0.717) is 21.7 Å². The van der Waals surface area contributed by atoms with Gasteiger partial charge >= 0.3 is 0 Å². The Morgan fingerprint density at radius 3 is 2.37 bits per heavy atom. The van der Waals surface area contributed by atoms with Crippen LogP contribution in [0.15, 0.2) is 131 Å². The second-order valence-corrected chi connectivity index (χ2v) is 19.1. The lowest BCUT2D eigenvalue weighted by Gasteiger charge is -2.36. The highest BCUT2D eigenvalue weighted by atomic mass is 35.5. The third-order valence-electron chi connectivity index (χ3n) is 11.8. The van der Waals surface area contributed by atoms with E-state index in [-0.39, 0.29) is 34.2 Å². The van der Waals surface area contributed by atoms with E-state index >= 15 is 0 Å². The second-order valence-electron chi connectivity index (χ2n) is 15.9. The van der Waals surface area contributed by atoms with Gasteiger partial charge in [0, 0.05) is 98.3 Å². The van der Waals surface area contributed by atoms with Crippen LogP contribution in [0.3, 0.4) is 0 Å². The van der Waals surface area contributed by atoms with Gasteiger partial charge in [0.15, 0.2) is 5.82 Å². The van der Waals surface area contributed by atoms with Crippen molar-refractivity contribution in [2.24, 2.45) is 0 Å². The molecule has 2 fully saturated rings. The van der Waals surface area contributed by atoms with Crippen LogP contribution in [-0.2, 0) is 21.3 Å². The minimum atomic E-state index is -4.28. The van der Waals surface area contributed by atoms with Gasteiger partial charge in [-0.3, -0.25) is 19.7 Å². The molecule has 2 N–H and O–H groups in total. The smallest absolute Gasteiger partial charge is 0.293 e. The van der Waals surface area contributed by atoms with Crippen molar-refractivity contribution in [3.63, 3.8) is 0 Å². The Labute approximate surface area is 378 Å². The number of piperidine rings is 1. The molecule has 0 spiro atoms. The van der Waals surface area contributed by atoms with Gasteiger partial charge in [-0.05, 0) is 90.6 Å². The maximum atomic E-state index is 13.9. The highest BCUT2D eigenvalue weighted by Gasteiger charge is 2.26. The van der Waals surface area contributed by atoms with Crippen LogP contribution in [0.4, 0.5) is 22.9 Å². The topological polar surface area (TPSA) is 146 Å². The number of aromatic nitrogens is 2. The molecule has 0 amide bonds. The van der Waals surface area contributed by atoms with Crippen molar-refractivity contribution in [3.8, 4) is 11.1 Å². The molecule has 2 saturated heterocycles. The molecule has 1 atom stereocenters. The molecule has 8 rings (SSSR count). The molecule has 1 aromatic heterocycles. The van der Waals surface area contributed by atoms with E-state index in [2.05, 4.69) is 71.1 Å². The third kappa shape index (κ3) is 11.3. The number of nitro benzene ring substituents is 1. The molecule has 16 heteroatoms. The number of likely N-dealkylation sites (tertiary alicyclic amines) is 1. The number of rotatable bonds is 17. The summed E-state index contributed by atoms with van der Waals surface area (Å²) in [7, 11) is -2.53. The van der Waals surface area contributed by atoms with E-state index in [9.17, 15) is 18.5 Å². The minimum Gasteiger partial charge on any atom is -0.381 e. The molecular formula is C47H51ClN8O5S2. The fourth-order valence-electron chi connectivity index (χ4n) is 8.27. The highest BCUT2D eigenvalue weighted by molar-refractivity contribution is 7.99. The number of sulfonamides is 1. The van der Waals surface area contributed by atoms with Gasteiger partial charge in [-0.1, -0.05) is 66.2 Å². The SMILES string of the molecule is COC1CCN(CC[C@H](CSc2ccccc2)Nc2ccc(S(=O)(=O)Nc3ncnc4cc(N5CCN(Cc6ccccc6-c6ccc(Cl)cc6)CC5)ccc34)cc2[N+](=O)[O-])CC1. The molecule has 5 aromatic carbocycles. The number of hydrogen-bond acceptors (Lipinski definition) is 12. The number of nitrogens with one attached hydrogen (secondary N) is 2. The van der Waals surface area contributed by atoms with E-state index < -0.39 is 14.9 Å². The number of fused-ring (bicyclic) bond motifs is 1. The van der Waals surface area contributed by atoms with Crippen molar-refractivity contribution in [2.45, 2.75) is 47.7 Å². The summed E-state index contributed by atoms with van der Waals surface area (Å²) in [6, 6.07) is 36.0.